The fraction of sp³-hybridized carbons (Fsp3) is 0.714. The van der Waals surface area contributed by atoms with Crippen LogP contribution < -0.4 is 5.32 Å². The summed E-state index contributed by atoms with van der Waals surface area (Å²) >= 11 is 0. The number of piperidine rings is 1. The quantitative estimate of drug-likeness (QED) is 0.859. The fourth-order valence-corrected chi connectivity index (χ4v) is 2.74. The van der Waals surface area contributed by atoms with Gasteiger partial charge in [0.15, 0.2) is 0 Å². The Balaban J connectivity index is 1.81. The van der Waals surface area contributed by atoms with Crippen molar-refractivity contribution in [3.8, 4) is 0 Å². The average Bonchev–Trinajstić information content (AvgIpc) is 2.84. The van der Waals surface area contributed by atoms with Crippen LogP contribution in [0.2, 0.25) is 0 Å². The summed E-state index contributed by atoms with van der Waals surface area (Å²) in [5, 5.41) is 2.84. The van der Waals surface area contributed by atoms with E-state index in [0.717, 1.165) is 18.7 Å². The zero-order valence-corrected chi connectivity index (χ0v) is 12.3. The molecule has 5 nitrogen and oxygen atoms in total. The molecular weight excluding hydrogens is 278 g/mol. The van der Waals surface area contributed by atoms with Crippen LogP contribution in [0.25, 0.3) is 0 Å². The Bertz CT molecular complexity index is 464. The molecule has 7 heteroatoms. The summed E-state index contributed by atoms with van der Waals surface area (Å²) in [5.41, 5.74) is 0. The lowest BCUT2D eigenvalue weighted by Gasteiger charge is -2.34. The molecule has 1 aliphatic heterocycles. The number of hydrogen-bond donors (Lipinski definition) is 1. The van der Waals surface area contributed by atoms with E-state index in [1.54, 1.807) is 11.1 Å². The number of halogens is 2. The smallest absolute Gasteiger partial charge is 0.251 e. The first kappa shape index (κ1) is 15.9. The molecule has 2 rings (SSSR count). The largest absolute Gasteiger partial charge is 0.354 e. The number of rotatable bonds is 6. The molecule has 1 saturated heterocycles. The minimum Gasteiger partial charge on any atom is -0.354 e. The van der Waals surface area contributed by atoms with Crippen molar-refractivity contribution in [2.24, 2.45) is 7.05 Å². The van der Waals surface area contributed by atoms with Gasteiger partial charge in [-0.3, -0.25) is 9.69 Å². The van der Waals surface area contributed by atoms with E-state index >= 15 is 0 Å². The van der Waals surface area contributed by atoms with Crippen LogP contribution >= 0.6 is 0 Å². The number of amides is 1. The second-order valence-electron chi connectivity index (χ2n) is 5.39. The first-order chi connectivity index (χ1) is 10.1. The number of nitrogens with zero attached hydrogens (tertiary/aromatic N) is 3. The van der Waals surface area contributed by atoms with Gasteiger partial charge in [0.1, 0.15) is 5.82 Å². The number of imidazole rings is 1. The molecule has 0 aliphatic carbocycles. The zero-order chi connectivity index (χ0) is 15.2. The summed E-state index contributed by atoms with van der Waals surface area (Å²) in [6.07, 6.45) is 4.25. The summed E-state index contributed by atoms with van der Waals surface area (Å²) in [5.74, 6) is 0.743. The SMILES string of the molecule is Cn1ccnc1CCNC(=O)C1CCCCN1CC(F)F. The van der Waals surface area contributed by atoms with Crippen LogP contribution in [-0.4, -0.2) is 52.5 Å². The molecule has 1 atom stereocenters. The van der Waals surface area contributed by atoms with Crippen LogP contribution in [0.3, 0.4) is 0 Å². The van der Waals surface area contributed by atoms with E-state index in [2.05, 4.69) is 10.3 Å². The normalized spacial score (nSPS) is 19.9. The van der Waals surface area contributed by atoms with Crippen molar-refractivity contribution in [3.63, 3.8) is 0 Å². The van der Waals surface area contributed by atoms with Gasteiger partial charge in [0.2, 0.25) is 5.91 Å². The standard InChI is InChI=1S/C14H22F2N4O/c1-19-9-7-17-13(19)5-6-18-14(21)11-4-2-3-8-20(11)10-12(15)16/h7,9,11-12H,2-6,8,10H2,1H3,(H,18,21). The van der Waals surface area contributed by atoms with Gasteiger partial charge >= 0.3 is 0 Å². The number of nitrogens with one attached hydrogen (secondary N) is 1. The molecule has 1 aromatic rings. The van der Waals surface area contributed by atoms with Gasteiger partial charge < -0.3 is 9.88 Å². The van der Waals surface area contributed by atoms with Crippen LogP contribution in [0.4, 0.5) is 8.78 Å². The van der Waals surface area contributed by atoms with Gasteiger partial charge in [0.05, 0.1) is 12.6 Å². The highest BCUT2D eigenvalue weighted by molar-refractivity contribution is 5.81. The topological polar surface area (TPSA) is 50.2 Å². The number of hydrogen-bond acceptors (Lipinski definition) is 3. The Labute approximate surface area is 123 Å². The van der Waals surface area contributed by atoms with Crippen molar-refractivity contribution in [3.05, 3.63) is 18.2 Å². The maximum atomic E-state index is 12.6. The molecule has 0 radical (unpaired) electrons. The van der Waals surface area contributed by atoms with Crippen LogP contribution in [0.1, 0.15) is 25.1 Å². The predicted molar refractivity (Wildman–Crippen MR) is 75.1 cm³/mol. The third-order valence-corrected chi connectivity index (χ3v) is 3.86. The minimum atomic E-state index is -2.40. The number of alkyl halides is 2. The lowest BCUT2D eigenvalue weighted by atomic mass is 10.0. The lowest BCUT2D eigenvalue weighted by Crippen LogP contribution is -2.51. The van der Waals surface area contributed by atoms with Crippen LogP contribution in [0.5, 0.6) is 0 Å². The van der Waals surface area contributed by atoms with Crippen molar-refractivity contribution in [2.75, 3.05) is 19.6 Å². The van der Waals surface area contributed by atoms with E-state index in [1.165, 1.54) is 0 Å². The van der Waals surface area contributed by atoms with E-state index in [1.807, 2.05) is 17.8 Å². The second-order valence-corrected chi connectivity index (χ2v) is 5.39. The fourth-order valence-electron chi connectivity index (χ4n) is 2.74. The molecule has 1 aromatic heterocycles. The molecule has 21 heavy (non-hydrogen) atoms. The highest BCUT2D eigenvalue weighted by atomic mass is 19.3. The average molecular weight is 300 g/mol. The van der Waals surface area contributed by atoms with Crippen LogP contribution in [0.15, 0.2) is 12.4 Å². The molecule has 1 amide bonds. The Morgan fingerprint density at radius 2 is 2.33 bits per heavy atom. The Morgan fingerprint density at radius 1 is 1.52 bits per heavy atom. The molecule has 1 fully saturated rings. The monoisotopic (exact) mass is 300 g/mol. The molecule has 0 aromatic carbocycles. The molecule has 1 N–H and O–H groups in total. The van der Waals surface area contributed by atoms with E-state index in [9.17, 15) is 13.6 Å². The first-order valence-corrected chi connectivity index (χ1v) is 7.34. The van der Waals surface area contributed by atoms with Gasteiger partial charge in [-0.05, 0) is 19.4 Å². The van der Waals surface area contributed by atoms with Gasteiger partial charge in [-0.2, -0.15) is 0 Å². The van der Waals surface area contributed by atoms with Gasteiger partial charge in [-0.25, -0.2) is 13.8 Å². The van der Waals surface area contributed by atoms with Gasteiger partial charge in [0, 0.05) is 32.4 Å². The highest BCUT2D eigenvalue weighted by Gasteiger charge is 2.30. The van der Waals surface area contributed by atoms with Crippen LogP contribution in [-0.2, 0) is 18.3 Å². The molecule has 0 spiro atoms. The van der Waals surface area contributed by atoms with E-state index in [0.29, 0.717) is 25.9 Å². The third kappa shape index (κ3) is 4.49. The van der Waals surface area contributed by atoms with E-state index in [-0.39, 0.29) is 12.5 Å². The van der Waals surface area contributed by atoms with E-state index in [4.69, 9.17) is 0 Å². The van der Waals surface area contributed by atoms with Gasteiger partial charge in [-0.15, -0.1) is 0 Å². The minimum absolute atomic E-state index is 0.149. The number of carbonyl (C=O) groups is 1. The molecule has 0 saturated carbocycles. The molecule has 1 aliphatic rings. The molecule has 2 heterocycles. The first-order valence-electron chi connectivity index (χ1n) is 7.34. The lowest BCUT2D eigenvalue weighted by molar-refractivity contribution is -0.128. The van der Waals surface area contributed by atoms with Crippen molar-refractivity contribution in [2.45, 2.75) is 38.2 Å². The summed E-state index contributed by atoms with van der Waals surface area (Å²) < 4.78 is 27.0. The Kier molecular flexibility index (Phi) is 5.67. The van der Waals surface area contributed by atoms with Crippen molar-refractivity contribution in [1.82, 2.24) is 19.8 Å². The summed E-state index contributed by atoms with van der Waals surface area (Å²) in [6.45, 7) is 0.724. The second kappa shape index (κ2) is 7.49. The highest BCUT2D eigenvalue weighted by Crippen LogP contribution is 2.18. The number of aromatic nitrogens is 2. The summed E-state index contributed by atoms with van der Waals surface area (Å²) in [4.78, 5) is 18.0. The van der Waals surface area contributed by atoms with Crippen molar-refractivity contribution >= 4 is 5.91 Å². The Morgan fingerprint density at radius 3 is 3.00 bits per heavy atom. The molecule has 118 valence electrons. The molecule has 0 bridgehead atoms. The maximum absolute atomic E-state index is 12.6. The van der Waals surface area contributed by atoms with Crippen molar-refractivity contribution in [1.29, 1.82) is 0 Å². The third-order valence-electron chi connectivity index (χ3n) is 3.86. The van der Waals surface area contributed by atoms with Gasteiger partial charge in [-0.1, -0.05) is 6.42 Å². The van der Waals surface area contributed by atoms with E-state index < -0.39 is 12.5 Å². The number of carbonyl (C=O) groups excluding carboxylic acids is 1. The van der Waals surface area contributed by atoms with Crippen LogP contribution in [0, 0.1) is 0 Å². The predicted octanol–water partition coefficient (Wildman–Crippen LogP) is 1.20. The van der Waals surface area contributed by atoms with Gasteiger partial charge in [0.25, 0.3) is 6.43 Å². The molecule has 1 unspecified atom stereocenters. The summed E-state index contributed by atoms with van der Waals surface area (Å²) in [6, 6.07) is -0.422. The summed E-state index contributed by atoms with van der Waals surface area (Å²) in [7, 11) is 1.90. The molecular formula is C14H22F2N4O. The van der Waals surface area contributed by atoms with Crippen molar-refractivity contribution < 1.29 is 13.6 Å². The number of likely N-dealkylation sites (tertiary alicyclic amines) is 1. The maximum Gasteiger partial charge on any atom is 0.251 e. The zero-order valence-electron chi connectivity index (χ0n) is 12.3. The Hall–Kier alpha value is -1.50. The number of aryl methyl sites for hydroxylation is 1.